The molecule has 0 fully saturated rings. The van der Waals surface area contributed by atoms with Crippen LogP contribution in [0.1, 0.15) is 23.5 Å². The van der Waals surface area contributed by atoms with Crippen LogP contribution in [0.2, 0.25) is 0 Å². The standard InChI is InChI=1S/C20H20N2O3/c1-24-13-11-22(16-8-6-15(14-21)7-9-16)20(23)18-10-12-25-19-5-3-2-4-17(18)19/h2-9,18H,10-13H2,1H3/t18-/m0/s1. The van der Waals surface area contributed by atoms with Crippen LogP contribution in [0, 0.1) is 11.3 Å². The Hall–Kier alpha value is -2.84. The van der Waals surface area contributed by atoms with Crippen LogP contribution < -0.4 is 9.64 Å². The molecule has 0 N–H and O–H groups in total. The quantitative estimate of drug-likeness (QED) is 0.842. The first-order chi connectivity index (χ1) is 12.2. The summed E-state index contributed by atoms with van der Waals surface area (Å²) in [5.74, 6) is 0.563. The number of fused-ring (bicyclic) bond motifs is 1. The number of benzene rings is 2. The van der Waals surface area contributed by atoms with Crippen molar-refractivity contribution in [2.45, 2.75) is 12.3 Å². The van der Waals surface area contributed by atoms with Gasteiger partial charge in [-0.25, -0.2) is 0 Å². The first kappa shape index (κ1) is 17.0. The van der Waals surface area contributed by atoms with Crippen molar-refractivity contribution in [1.29, 1.82) is 5.26 Å². The Labute approximate surface area is 147 Å². The average molecular weight is 336 g/mol. The second kappa shape index (κ2) is 7.82. The van der Waals surface area contributed by atoms with Gasteiger partial charge in [-0.3, -0.25) is 4.79 Å². The van der Waals surface area contributed by atoms with Gasteiger partial charge >= 0.3 is 0 Å². The van der Waals surface area contributed by atoms with Gasteiger partial charge in [0.15, 0.2) is 0 Å². The summed E-state index contributed by atoms with van der Waals surface area (Å²) in [7, 11) is 1.62. The zero-order valence-corrected chi connectivity index (χ0v) is 14.1. The zero-order valence-electron chi connectivity index (χ0n) is 14.1. The van der Waals surface area contributed by atoms with Crippen molar-refractivity contribution < 1.29 is 14.3 Å². The fraction of sp³-hybridized carbons (Fsp3) is 0.300. The summed E-state index contributed by atoms with van der Waals surface area (Å²) in [5, 5.41) is 8.97. The van der Waals surface area contributed by atoms with E-state index in [4.69, 9.17) is 14.7 Å². The summed E-state index contributed by atoms with van der Waals surface area (Å²) in [6.45, 7) is 1.43. The van der Waals surface area contributed by atoms with Crippen molar-refractivity contribution in [3.8, 4) is 11.8 Å². The number of hydrogen-bond donors (Lipinski definition) is 0. The molecule has 0 spiro atoms. The number of rotatable bonds is 5. The van der Waals surface area contributed by atoms with Gasteiger partial charge in [-0.15, -0.1) is 0 Å². The topological polar surface area (TPSA) is 62.6 Å². The van der Waals surface area contributed by atoms with Crippen LogP contribution in [0.5, 0.6) is 5.75 Å². The summed E-state index contributed by atoms with van der Waals surface area (Å²) in [6, 6.07) is 16.8. The molecular formula is C20H20N2O3. The van der Waals surface area contributed by atoms with E-state index in [9.17, 15) is 4.79 Å². The maximum atomic E-state index is 13.3. The van der Waals surface area contributed by atoms with Gasteiger partial charge in [-0.1, -0.05) is 18.2 Å². The molecule has 25 heavy (non-hydrogen) atoms. The fourth-order valence-corrected chi connectivity index (χ4v) is 3.05. The Morgan fingerprint density at radius 1 is 1.28 bits per heavy atom. The minimum absolute atomic E-state index is 0.0255. The van der Waals surface area contributed by atoms with E-state index in [0.29, 0.717) is 31.7 Å². The third kappa shape index (κ3) is 3.65. The van der Waals surface area contributed by atoms with E-state index in [2.05, 4.69) is 6.07 Å². The van der Waals surface area contributed by atoms with Crippen molar-refractivity contribution in [1.82, 2.24) is 0 Å². The maximum absolute atomic E-state index is 13.3. The first-order valence-corrected chi connectivity index (χ1v) is 8.27. The van der Waals surface area contributed by atoms with Gasteiger partial charge < -0.3 is 14.4 Å². The van der Waals surface area contributed by atoms with Crippen LogP contribution in [0.3, 0.4) is 0 Å². The third-order valence-corrected chi connectivity index (χ3v) is 4.35. The summed E-state index contributed by atoms with van der Waals surface area (Å²) < 4.78 is 10.8. The number of carbonyl (C=O) groups excluding carboxylic acids is 1. The molecule has 1 amide bonds. The van der Waals surface area contributed by atoms with Crippen LogP contribution >= 0.6 is 0 Å². The van der Waals surface area contributed by atoms with Crippen molar-refractivity contribution in [3.05, 3.63) is 59.7 Å². The summed E-state index contributed by atoms with van der Waals surface area (Å²) in [4.78, 5) is 15.0. The number of nitriles is 1. The van der Waals surface area contributed by atoms with Crippen molar-refractivity contribution >= 4 is 11.6 Å². The Morgan fingerprint density at radius 3 is 2.76 bits per heavy atom. The summed E-state index contributed by atoms with van der Waals surface area (Å²) in [6.07, 6.45) is 0.648. The molecule has 1 atom stereocenters. The molecule has 0 radical (unpaired) electrons. The Balaban J connectivity index is 1.91. The first-order valence-electron chi connectivity index (χ1n) is 8.27. The summed E-state index contributed by atoms with van der Waals surface area (Å²) in [5.41, 5.74) is 2.26. The van der Waals surface area contributed by atoms with Gasteiger partial charge in [0.1, 0.15) is 5.75 Å². The number of nitrogens with zero attached hydrogens (tertiary/aromatic N) is 2. The molecule has 128 valence electrons. The van der Waals surface area contributed by atoms with Gasteiger partial charge in [0, 0.05) is 24.9 Å². The monoisotopic (exact) mass is 336 g/mol. The fourth-order valence-electron chi connectivity index (χ4n) is 3.05. The molecule has 0 aliphatic carbocycles. The average Bonchev–Trinajstić information content (AvgIpc) is 2.68. The Morgan fingerprint density at radius 2 is 2.04 bits per heavy atom. The Kier molecular flexibility index (Phi) is 5.32. The third-order valence-electron chi connectivity index (χ3n) is 4.35. The molecule has 2 aromatic carbocycles. The second-order valence-corrected chi connectivity index (χ2v) is 5.87. The van der Waals surface area contributed by atoms with Crippen molar-refractivity contribution in [2.24, 2.45) is 0 Å². The molecule has 2 aromatic rings. The minimum Gasteiger partial charge on any atom is -0.493 e. The van der Waals surface area contributed by atoms with Crippen molar-refractivity contribution in [2.75, 3.05) is 31.8 Å². The Bertz CT molecular complexity index is 780. The molecule has 3 rings (SSSR count). The van der Waals surface area contributed by atoms with Gasteiger partial charge in [0.25, 0.3) is 0 Å². The van der Waals surface area contributed by atoms with E-state index in [1.54, 1.807) is 36.3 Å². The largest absolute Gasteiger partial charge is 0.493 e. The maximum Gasteiger partial charge on any atom is 0.234 e. The van der Waals surface area contributed by atoms with Crippen LogP contribution in [0.15, 0.2) is 48.5 Å². The lowest BCUT2D eigenvalue weighted by molar-refractivity contribution is -0.120. The second-order valence-electron chi connectivity index (χ2n) is 5.87. The SMILES string of the molecule is COCCN(C(=O)[C@H]1CCOc2ccccc21)c1ccc(C#N)cc1. The van der Waals surface area contributed by atoms with E-state index in [1.165, 1.54) is 0 Å². The molecule has 0 saturated carbocycles. The molecule has 1 heterocycles. The van der Waals surface area contributed by atoms with Gasteiger partial charge in [0.05, 0.1) is 30.8 Å². The molecule has 0 saturated heterocycles. The van der Waals surface area contributed by atoms with E-state index >= 15 is 0 Å². The van der Waals surface area contributed by atoms with Gasteiger partial charge in [-0.2, -0.15) is 5.26 Å². The number of ether oxygens (including phenoxy) is 2. The predicted octanol–water partition coefficient (Wildman–Crippen LogP) is 3.10. The number of anilines is 1. The van der Waals surface area contributed by atoms with Crippen LogP contribution in [-0.2, 0) is 9.53 Å². The minimum atomic E-state index is -0.238. The van der Waals surface area contributed by atoms with E-state index in [-0.39, 0.29) is 11.8 Å². The highest BCUT2D eigenvalue weighted by atomic mass is 16.5. The zero-order chi connectivity index (χ0) is 17.6. The molecule has 0 bridgehead atoms. The van der Waals surface area contributed by atoms with E-state index in [0.717, 1.165) is 17.0 Å². The van der Waals surface area contributed by atoms with Gasteiger partial charge in [-0.05, 0) is 36.8 Å². The molecule has 0 aromatic heterocycles. The van der Waals surface area contributed by atoms with Crippen LogP contribution in [-0.4, -0.2) is 32.8 Å². The van der Waals surface area contributed by atoms with Crippen LogP contribution in [0.4, 0.5) is 5.69 Å². The smallest absolute Gasteiger partial charge is 0.234 e. The highest BCUT2D eigenvalue weighted by molar-refractivity contribution is 5.98. The van der Waals surface area contributed by atoms with Crippen molar-refractivity contribution in [3.63, 3.8) is 0 Å². The highest BCUT2D eigenvalue weighted by Gasteiger charge is 2.31. The lowest BCUT2D eigenvalue weighted by Crippen LogP contribution is -2.39. The highest BCUT2D eigenvalue weighted by Crippen LogP contribution is 2.35. The number of amides is 1. The number of para-hydroxylation sites is 1. The molecule has 1 aliphatic rings. The van der Waals surface area contributed by atoms with E-state index in [1.807, 2.05) is 24.3 Å². The van der Waals surface area contributed by atoms with Crippen LogP contribution in [0.25, 0.3) is 0 Å². The normalized spacial score (nSPS) is 15.6. The molecular weight excluding hydrogens is 316 g/mol. The van der Waals surface area contributed by atoms with E-state index < -0.39 is 0 Å². The number of carbonyl (C=O) groups is 1. The number of methoxy groups -OCH3 is 1. The molecule has 5 nitrogen and oxygen atoms in total. The molecule has 0 unspecified atom stereocenters. The lowest BCUT2D eigenvalue weighted by Gasteiger charge is -2.31. The molecule has 5 heteroatoms. The van der Waals surface area contributed by atoms with Gasteiger partial charge in [0.2, 0.25) is 5.91 Å². The number of hydrogen-bond acceptors (Lipinski definition) is 4. The predicted molar refractivity (Wildman–Crippen MR) is 94.7 cm³/mol. The lowest BCUT2D eigenvalue weighted by atomic mass is 9.91. The molecule has 1 aliphatic heterocycles. The summed E-state index contributed by atoms with van der Waals surface area (Å²) >= 11 is 0.